The maximum absolute atomic E-state index is 12.0. The first kappa shape index (κ1) is 12.0. The van der Waals surface area contributed by atoms with Crippen LogP contribution in [-0.4, -0.2) is 41.3 Å². The summed E-state index contributed by atoms with van der Waals surface area (Å²) in [6.07, 6.45) is 5.14. The quantitative estimate of drug-likeness (QED) is 0.821. The molecule has 2 aliphatic heterocycles. The second-order valence-corrected chi connectivity index (χ2v) is 5.92. The highest BCUT2D eigenvalue weighted by Crippen LogP contribution is 2.39. The average molecular weight is 274 g/mol. The Hall–Kier alpha value is -1.82. The number of piperidine rings is 1. The molecule has 1 spiro atoms. The fraction of sp³-hybridized carbons (Fsp3) is 0.571. The van der Waals surface area contributed by atoms with Crippen molar-refractivity contribution in [2.45, 2.75) is 19.3 Å². The van der Waals surface area contributed by atoms with Crippen LogP contribution in [0.2, 0.25) is 0 Å². The molecule has 0 unspecified atom stereocenters. The Kier molecular flexibility index (Phi) is 2.60. The van der Waals surface area contributed by atoms with E-state index >= 15 is 0 Å². The lowest BCUT2D eigenvalue weighted by Gasteiger charge is -2.38. The lowest BCUT2D eigenvalue weighted by Crippen LogP contribution is -2.41. The third-order valence-electron chi connectivity index (χ3n) is 4.72. The van der Waals surface area contributed by atoms with Crippen molar-refractivity contribution in [1.29, 1.82) is 0 Å². The van der Waals surface area contributed by atoms with Crippen LogP contribution in [0, 0.1) is 5.41 Å². The van der Waals surface area contributed by atoms with Crippen molar-refractivity contribution in [3.8, 4) is 0 Å². The smallest absolute Gasteiger partial charge is 0.261 e. The molecule has 0 amide bonds. The summed E-state index contributed by atoms with van der Waals surface area (Å²) in [5.41, 5.74) is 0.955. The Bertz CT molecular complexity index is 674. The molecule has 0 atom stereocenters. The van der Waals surface area contributed by atoms with E-state index in [2.05, 4.69) is 19.9 Å². The van der Waals surface area contributed by atoms with E-state index in [1.165, 1.54) is 6.42 Å². The normalized spacial score (nSPS) is 21.9. The number of nitrogens with one attached hydrogen (secondary N) is 2. The minimum atomic E-state index is -0.0734. The Morgan fingerprint density at radius 3 is 2.90 bits per heavy atom. The molecule has 0 aliphatic carbocycles. The molecule has 4 rings (SSSR count). The van der Waals surface area contributed by atoms with Gasteiger partial charge in [0.1, 0.15) is 5.65 Å². The lowest BCUT2D eigenvalue weighted by atomic mass is 9.78. The largest absolute Gasteiger partial charge is 0.381 e. The molecule has 2 aliphatic rings. The van der Waals surface area contributed by atoms with Gasteiger partial charge in [0.15, 0.2) is 0 Å². The van der Waals surface area contributed by atoms with Crippen molar-refractivity contribution in [2.24, 2.45) is 5.41 Å². The van der Waals surface area contributed by atoms with Crippen LogP contribution in [0.1, 0.15) is 19.3 Å². The van der Waals surface area contributed by atoms with Crippen molar-refractivity contribution >= 4 is 17.0 Å². The first-order chi connectivity index (χ1) is 9.76. The molecular formula is C14H18N4O2. The Morgan fingerprint density at radius 2 is 2.15 bits per heavy atom. The van der Waals surface area contributed by atoms with Gasteiger partial charge in [-0.15, -0.1) is 0 Å². The summed E-state index contributed by atoms with van der Waals surface area (Å²) in [6.45, 7) is 3.64. The number of ether oxygens (including phenoxy) is 1. The van der Waals surface area contributed by atoms with Crippen LogP contribution in [0.5, 0.6) is 0 Å². The summed E-state index contributed by atoms with van der Waals surface area (Å²) in [6, 6.07) is 1.76. The predicted octanol–water partition coefficient (Wildman–Crippen LogP) is 1.26. The van der Waals surface area contributed by atoms with Gasteiger partial charge in [0.25, 0.3) is 5.56 Å². The number of rotatable bonds is 1. The van der Waals surface area contributed by atoms with Crippen LogP contribution in [0.15, 0.2) is 17.1 Å². The van der Waals surface area contributed by atoms with E-state index < -0.39 is 0 Å². The summed E-state index contributed by atoms with van der Waals surface area (Å²) in [4.78, 5) is 24.6. The fourth-order valence-electron chi connectivity index (χ4n) is 3.33. The summed E-state index contributed by atoms with van der Waals surface area (Å²) >= 11 is 0. The zero-order valence-corrected chi connectivity index (χ0v) is 11.3. The van der Waals surface area contributed by atoms with Crippen molar-refractivity contribution in [2.75, 3.05) is 31.2 Å². The summed E-state index contributed by atoms with van der Waals surface area (Å²) in [7, 11) is 0. The fourth-order valence-corrected chi connectivity index (χ4v) is 3.33. The van der Waals surface area contributed by atoms with Gasteiger partial charge in [-0.25, -0.2) is 0 Å². The minimum absolute atomic E-state index is 0.0734. The van der Waals surface area contributed by atoms with Gasteiger partial charge in [0, 0.05) is 25.9 Å². The molecule has 0 radical (unpaired) electrons. The molecule has 2 saturated heterocycles. The third kappa shape index (κ3) is 1.83. The number of aromatic amines is 2. The topological polar surface area (TPSA) is 74.0 Å². The zero-order chi connectivity index (χ0) is 13.6. The highest BCUT2D eigenvalue weighted by Gasteiger charge is 2.38. The zero-order valence-electron chi connectivity index (χ0n) is 11.3. The van der Waals surface area contributed by atoms with Crippen LogP contribution in [0.25, 0.3) is 11.0 Å². The van der Waals surface area contributed by atoms with Crippen molar-refractivity contribution in [3.05, 3.63) is 22.6 Å². The summed E-state index contributed by atoms with van der Waals surface area (Å²) in [5.74, 6) is 0.679. The highest BCUT2D eigenvalue weighted by molar-refractivity contribution is 5.75. The Morgan fingerprint density at radius 1 is 1.30 bits per heavy atom. The van der Waals surface area contributed by atoms with Crippen LogP contribution in [0.4, 0.5) is 5.95 Å². The molecular weight excluding hydrogens is 256 g/mol. The second kappa shape index (κ2) is 4.34. The maximum Gasteiger partial charge on any atom is 0.261 e. The monoisotopic (exact) mass is 274 g/mol. The maximum atomic E-state index is 12.0. The van der Waals surface area contributed by atoms with E-state index in [1.54, 1.807) is 12.3 Å². The number of fused-ring (bicyclic) bond motifs is 1. The van der Waals surface area contributed by atoms with Crippen LogP contribution < -0.4 is 10.5 Å². The van der Waals surface area contributed by atoms with E-state index in [0.717, 1.165) is 39.1 Å². The van der Waals surface area contributed by atoms with Crippen molar-refractivity contribution < 1.29 is 4.74 Å². The summed E-state index contributed by atoms with van der Waals surface area (Å²) in [5, 5.41) is 0.617. The average Bonchev–Trinajstić information content (AvgIpc) is 3.09. The highest BCUT2D eigenvalue weighted by atomic mass is 16.5. The van der Waals surface area contributed by atoms with Gasteiger partial charge in [0.2, 0.25) is 5.95 Å². The molecule has 6 nitrogen and oxygen atoms in total. The number of nitrogens with zero attached hydrogens (tertiary/aromatic N) is 2. The molecule has 2 aromatic rings. The lowest BCUT2D eigenvalue weighted by molar-refractivity contribution is 0.133. The van der Waals surface area contributed by atoms with Gasteiger partial charge in [-0.05, 0) is 30.7 Å². The second-order valence-electron chi connectivity index (χ2n) is 5.92. The molecule has 0 saturated carbocycles. The van der Waals surface area contributed by atoms with Crippen LogP contribution in [-0.2, 0) is 4.74 Å². The molecule has 0 aromatic carbocycles. The molecule has 20 heavy (non-hydrogen) atoms. The molecule has 2 aromatic heterocycles. The predicted molar refractivity (Wildman–Crippen MR) is 76.0 cm³/mol. The molecule has 0 bridgehead atoms. The number of hydrogen-bond donors (Lipinski definition) is 2. The first-order valence-electron chi connectivity index (χ1n) is 7.16. The van der Waals surface area contributed by atoms with Gasteiger partial charge >= 0.3 is 0 Å². The van der Waals surface area contributed by atoms with Gasteiger partial charge < -0.3 is 14.6 Å². The van der Waals surface area contributed by atoms with E-state index in [0.29, 0.717) is 22.4 Å². The molecule has 2 fully saturated rings. The number of anilines is 1. The van der Waals surface area contributed by atoms with Gasteiger partial charge in [-0.2, -0.15) is 4.98 Å². The minimum Gasteiger partial charge on any atom is -0.381 e. The number of hydrogen-bond acceptors (Lipinski definition) is 4. The van der Waals surface area contributed by atoms with Gasteiger partial charge in [0.05, 0.1) is 12.0 Å². The number of H-pyrrole nitrogens is 2. The Balaban J connectivity index is 1.59. The van der Waals surface area contributed by atoms with Crippen LogP contribution in [0.3, 0.4) is 0 Å². The standard InChI is InChI=1S/C14H18N4O2/c19-12-10-1-5-15-11(10)16-13(17-12)18-6-2-14(3-7-18)4-8-20-9-14/h1,5H,2-4,6-9H2,(H2,15,16,17,19). The molecule has 4 heterocycles. The third-order valence-corrected chi connectivity index (χ3v) is 4.72. The molecule has 106 valence electrons. The van der Waals surface area contributed by atoms with E-state index in [9.17, 15) is 4.79 Å². The van der Waals surface area contributed by atoms with Crippen molar-refractivity contribution in [1.82, 2.24) is 15.0 Å². The Labute approximate surface area is 116 Å². The van der Waals surface area contributed by atoms with Crippen molar-refractivity contribution in [3.63, 3.8) is 0 Å². The molecule has 6 heteroatoms. The van der Waals surface area contributed by atoms with E-state index in [4.69, 9.17) is 4.74 Å². The van der Waals surface area contributed by atoms with E-state index in [1.807, 2.05) is 0 Å². The number of aromatic nitrogens is 3. The molecule has 2 N–H and O–H groups in total. The van der Waals surface area contributed by atoms with Gasteiger partial charge in [-0.1, -0.05) is 0 Å². The van der Waals surface area contributed by atoms with E-state index in [-0.39, 0.29) is 5.56 Å². The van der Waals surface area contributed by atoms with Crippen LogP contribution >= 0.6 is 0 Å². The SMILES string of the molecule is O=c1[nH]c(N2CCC3(CCOC3)CC2)nc2[nH]ccc12. The first-order valence-corrected chi connectivity index (χ1v) is 7.16. The summed E-state index contributed by atoms with van der Waals surface area (Å²) < 4.78 is 5.55. The van der Waals surface area contributed by atoms with Gasteiger partial charge in [-0.3, -0.25) is 9.78 Å².